The Balaban J connectivity index is 1.62. The molecule has 0 radical (unpaired) electrons. The molecule has 0 bridgehead atoms. The van der Waals surface area contributed by atoms with Gasteiger partial charge in [0.05, 0.1) is 30.8 Å². The lowest BCUT2D eigenvalue weighted by atomic mass is 10.1. The third-order valence-electron chi connectivity index (χ3n) is 6.00. The van der Waals surface area contributed by atoms with E-state index >= 15 is 0 Å². The molecule has 1 unspecified atom stereocenters. The summed E-state index contributed by atoms with van der Waals surface area (Å²) in [4.78, 5) is 13.2. The second kappa shape index (κ2) is 11.0. The summed E-state index contributed by atoms with van der Waals surface area (Å²) in [5.74, 6) is 1.56. The summed E-state index contributed by atoms with van der Waals surface area (Å²) in [5.41, 5.74) is 1.99. The molecule has 0 fully saturated rings. The highest BCUT2D eigenvalue weighted by atomic mass is 32.2. The first kappa shape index (κ1) is 26.2. The van der Waals surface area contributed by atoms with Crippen LogP contribution >= 0.6 is 0 Å². The first-order valence-electron chi connectivity index (χ1n) is 11.7. The molecule has 0 spiro atoms. The molecule has 37 heavy (non-hydrogen) atoms. The highest BCUT2D eigenvalue weighted by Crippen LogP contribution is 2.35. The molecule has 1 aliphatic heterocycles. The zero-order valence-electron chi connectivity index (χ0n) is 21.2. The number of methoxy groups -OCH3 is 2. The van der Waals surface area contributed by atoms with E-state index in [4.69, 9.17) is 18.9 Å². The number of anilines is 1. The van der Waals surface area contributed by atoms with Gasteiger partial charge in [0.25, 0.3) is 10.0 Å². The van der Waals surface area contributed by atoms with Crippen molar-refractivity contribution in [1.82, 2.24) is 5.32 Å². The summed E-state index contributed by atoms with van der Waals surface area (Å²) in [6.07, 6.45) is 0. The van der Waals surface area contributed by atoms with E-state index in [1.807, 2.05) is 26.0 Å². The third-order valence-corrected chi connectivity index (χ3v) is 7.78. The average molecular weight is 527 g/mol. The summed E-state index contributed by atoms with van der Waals surface area (Å²) in [5, 5.41) is 2.89. The summed E-state index contributed by atoms with van der Waals surface area (Å²) in [6, 6.07) is 16.2. The number of hydrogen-bond donors (Lipinski definition) is 1. The maximum Gasteiger partial charge on any atom is 0.264 e. The van der Waals surface area contributed by atoms with Crippen LogP contribution in [-0.4, -0.2) is 48.3 Å². The SMILES string of the molecule is COc1ccc(N(CC(=O)NC(C)c2ccc3c(c2)OCCO3)S(=O)(=O)c2ccc(C)cc2)cc1OC. The van der Waals surface area contributed by atoms with Crippen molar-refractivity contribution in [2.45, 2.75) is 24.8 Å². The van der Waals surface area contributed by atoms with Gasteiger partial charge in [0.15, 0.2) is 23.0 Å². The van der Waals surface area contributed by atoms with E-state index in [-0.39, 0.29) is 10.6 Å². The molecule has 10 heteroatoms. The molecule has 1 atom stereocenters. The van der Waals surface area contributed by atoms with E-state index in [9.17, 15) is 13.2 Å². The van der Waals surface area contributed by atoms with Gasteiger partial charge in [0.1, 0.15) is 19.8 Å². The molecular weight excluding hydrogens is 496 g/mol. The molecular formula is C27H30N2O7S. The molecule has 0 aliphatic carbocycles. The highest BCUT2D eigenvalue weighted by molar-refractivity contribution is 7.92. The number of amides is 1. The molecule has 1 heterocycles. The Hall–Kier alpha value is -3.92. The highest BCUT2D eigenvalue weighted by Gasteiger charge is 2.29. The van der Waals surface area contributed by atoms with Crippen molar-refractivity contribution in [3.63, 3.8) is 0 Å². The number of ether oxygens (including phenoxy) is 4. The summed E-state index contributed by atoms with van der Waals surface area (Å²) in [6.45, 7) is 4.18. The van der Waals surface area contributed by atoms with Gasteiger partial charge in [-0.15, -0.1) is 0 Å². The number of benzene rings is 3. The van der Waals surface area contributed by atoms with E-state index in [1.165, 1.54) is 32.4 Å². The molecule has 3 aromatic rings. The Morgan fingerprint density at radius 1 is 0.946 bits per heavy atom. The van der Waals surface area contributed by atoms with Gasteiger partial charge < -0.3 is 24.3 Å². The normalized spacial score (nSPS) is 13.4. The van der Waals surface area contributed by atoms with Crippen LogP contribution in [0.4, 0.5) is 5.69 Å². The number of fused-ring (bicyclic) bond motifs is 1. The van der Waals surface area contributed by atoms with Crippen molar-refractivity contribution in [2.24, 2.45) is 0 Å². The van der Waals surface area contributed by atoms with Crippen LogP contribution in [-0.2, 0) is 14.8 Å². The van der Waals surface area contributed by atoms with Gasteiger partial charge in [0.2, 0.25) is 5.91 Å². The number of nitrogens with one attached hydrogen (secondary N) is 1. The summed E-state index contributed by atoms with van der Waals surface area (Å²) < 4.78 is 50.3. The molecule has 0 saturated heterocycles. The van der Waals surface area contributed by atoms with E-state index in [0.29, 0.717) is 36.2 Å². The largest absolute Gasteiger partial charge is 0.493 e. The molecule has 1 amide bonds. The summed E-state index contributed by atoms with van der Waals surface area (Å²) >= 11 is 0. The molecule has 3 aromatic carbocycles. The fraction of sp³-hybridized carbons (Fsp3) is 0.296. The number of carbonyl (C=O) groups is 1. The second-order valence-corrected chi connectivity index (χ2v) is 10.4. The standard InChI is InChI=1S/C27H30N2O7S/c1-18-5-9-22(10-6-18)37(31,32)29(21-8-12-23(33-3)25(16-21)34-4)17-27(30)28-19(2)20-7-11-24-26(15-20)36-14-13-35-24/h5-12,15-16,19H,13-14,17H2,1-4H3,(H,28,30). The number of nitrogens with zero attached hydrogens (tertiary/aromatic N) is 1. The van der Waals surface area contributed by atoms with Gasteiger partial charge in [-0.05, 0) is 55.8 Å². The predicted molar refractivity (Wildman–Crippen MR) is 139 cm³/mol. The number of aryl methyl sites for hydroxylation is 1. The third kappa shape index (κ3) is 5.75. The van der Waals surface area contributed by atoms with E-state index in [1.54, 1.807) is 30.3 Å². The number of sulfonamides is 1. The second-order valence-electron chi connectivity index (χ2n) is 8.56. The fourth-order valence-corrected chi connectivity index (χ4v) is 5.38. The van der Waals surface area contributed by atoms with Crippen molar-refractivity contribution in [3.05, 3.63) is 71.8 Å². The van der Waals surface area contributed by atoms with E-state index < -0.39 is 28.5 Å². The maximum absolute atomic E-state index is 13.7. The van der Waals surface area contributed by atoms with Gasteiger partial charge in [0, 0.05) is 6.07 Å². The average Bonchev–Trinajstić information content (AvgIpc) is 2.91. The van der Waals surface area contributed by atoms with Gasteiger partial charge in [-0.1, -0.05) is 23.8 Å². The zero-order valence-corrected chi connectivity index (χ0v) is 22.0. The van der Waals surface area contributed by atoms with Crippen molar-refractivity contribution in [2.75, 3.05) is 38.3 Å². The first-order chi connectivity index (χ1) is 17.7. The lowest BCUT2D eigenvalue weighted by Crippen LogP contribution is -2.41. The topological polar surface area (TPSA) is 103 Å². The van der Waals surface area contributed by atoms with Gasteiger partial charge in [-0.3, -0.25) is 9.10 Å². The molecule has 1 N–H and O–H groups in total. The van der Waals surface area contributed by atoms with Gasteiger partial charge in [-0.25, -0.2) is 8.42 Å². The van der Waals surface area contributed by atoms with E-state index in [2.05, 4.69) is 5.32 Å². The van der Waals surface area contributed by atoms with Crippen LogP contribution in [0, 0.1) is 6.92 Å². The smallest absolute Gasteiger partial charge is 0.264 e. The van der Waals surface area contributed by atoms with Crippen LogP contribution in [0.2, 0.25) is 0 Å². The minimum atomic E-state index is -4.08. The van der Waals surface area contributed by atoms with Crippen molar-refractivity contribution < 1.29 is 32.2 Å². The Bertz CT molecular complexity index is 1370. The molecule has 1 aliphatic rings. The van der Waals surface area contributed by atoms with Crippen LogP contribution in [0.3, 0.4) is 0 Å². The fourth-order valence-electron chi connectivity index (χ4n) is 3.96. The zero-order chi connectivity index (χ0) is 26.6. The molecule has 9 nitrogen and oxygen atoms in total. The quantitative estimate of drug-likeness (QED) is 0.452. The van der Waals surface area contributed by atoms with Gasteiger partial charge >= 0.3 is 0 Å². The molecule has 4 rings (SSSR count). The first-order valence-corrected chi connectivity index (χ1v) is 13.2. The van der Waals surface area contributed by atoms with E-state index in [0.717, 1.165) is 15.4 Å². The Morgan fingerprint density at radius 3 is 2.30 bits per heavy atom. The minimum Gasteiger partial charge on any atom is -0.493 e. The Morgan fingerprint density at radius 2 is 1.62 bits per heavy atom. The van der Waals surface area contributed by atoms with Gasteiger partial charge in [-0.2, -0.15) is 0 Å². The molecule has 0 saturated carbocycles. The number of rotatable bonds is 9. The van der Waals surface area contributed by atoms with Crippen molar-refractivity contribution >= 4 is 21.6 Å². The monoisotopic (exact) mass is 526 g/mol. The van der Waals surface area contributed by atoms with Crippen LogP contribution in [0.25, 0.3) is 0 Å². The lowest BCUT2D eigenvalue weighted by Gasteiger charge is -2.26. The molecule has 196 valence electrons. The van der Waals surface area contributed by atoms with Crippen LogP contribution in [0.5, 0.6) is 23.0 Å². The van der Waals surface area contributed by atoms with Crippen molar-refractivity contribution in [3.8, 4) is 23.0 Å². The van der Waals surface area contributed by atoms with Crippen molar-refractivity contribution in [1.29, 1.82) is 0 Å². The van der Waals surface area contributed by atoms with Crippen LogP contribution in [0.1, 0.15) is 24.1 Å². The Labute approximate surface area is 217 Å². The Kier molecular flexibility index (Phi) is 7.77. The lowest BCUT2D eigenvalue weighted by molar-refractivity contribution is -0.120. The minimum absolute atomic E-state index is 0.0700. The van der Waals surface area contributed by atoms with Crippen LogP contribution in [0.15, 0.2) is 65.6 Å². The number of hydrogen-bond acceptors (Lipinski definition) is 7. The summed E-state index contributed by atoms with van der Waals surface area (Å²) in [7, 11) is -1.13. The number of carbonyl (C=O) groups excluding carboxylic acids is 1. The maximum atomic E-state index is 13.7. The molecule has 0 aromatic heterocycles. The predicted octanol–water partition coefficient (Wildman–Crippen LogP) is 3.86. The van der Waals surface area contributed by atoms with Crippen LogP contribution < -0.4 is 28.6 Å².